The van der Waals surface area contributed by atoms with E-state index in [1.165, 1.54) is 12.1 Å². The van der Waals surface area contributed by atoms with Gasteiger partial charge in [0.05, 0.1) is 16.7 Å². The Balaban J connectivity index is 1.69. The van der Waals surface area contributed by atoms with Gasteiger partial charge >= 0.3 is 11.9 Å². The number of esters is 2. The third-order valence-electron chi connectivity index (χ3n) is 3.74. The first-order chi connectivity index (χ1) is 13.1. The fourth-order valence-corrected chi connectivity index (χ4v) is 2.39. The largest absolute Gasteiger partial charge is 0.454 e. The molecule has 0 heterocycles. The molecule has 0 fully saturated rings. The minimum Gasteiger partial charge on any atom is -0.454 e. The molecule has 0 unspecified atom stereocenters. The third kappa shape index (κ3) is 4.67. The maximum Gasteiger partial charge on any atom is 0.343 e. The SMILES string of the molecule is O=C(OCC(=O)c1ccccc1OC(=O)c1ccccc1)c1ccccc1. The summed E-state index contributed by atoms with van der Waals surface area (Å²) in [4.78, 5) is 36.6. The Bertz CT molecular complexity index is 949. The van der Waals surface area contributed by atoms with Gasteiger partial charge < -0.3 is 9.47 Å². The minimum atomic E-state index is -0.595. The van der Waals surface area contributed by atoms with Crippen LogP contribution in [-0.4, -0.2) is 24.3 Å². The normalized spacial score (nSPS) is 10.1. The molecule has 0 aromatic heterocycles. The lowest BCUT2D eigenvalue weighted by molar-refractivity contribution is 0.0472. The molecule has 0 spiro atoms. The number of Topliss-reactive ketones (excluding diaryl/α,β-unsaturated/α-hetero) is 1. The van der Waals surface area contributed by atoms with E-state index < -0.39 is 24.3 Å². The highest BCUT2D eigenvalue weighted by atomic mass is 16.5. The van der Waals surface area contributed by atoms with Crippen LogP contribution in [-0.2, 0) is 4.74 Å². The van der Waals surface area contributed by atoms with Gasteiger partial charge in [0.1, 0.15) is 5.75 Å². The smallest absolute Gasteiger partial charge is 0.343 e. The number of rotatable bonds is 6. The molecule has 0 saturated heterocycles. The van der Waals surface area contributed by atoms with Crippen LogP contribution in [0.4, 0.5) is 0 Å². The van der Waals surface area contributed by atoms with Crippen LogP contribution < -0.4 is 4.74 Å². The Kier molecular flexibility index (Phi) is 5.74. The molecule has 5 heteroatoms. The Labute approximate surface area is 156 Å². The highest BCUT2D eigenvalue weighted by Crippen LogP contribution is 2.20. The molecule has 5 nitrogen and oxygen atoms in total. The molecular weight excluding hydrogens is 344 g/mol. The summed E-state index contributed by atoms with van der Waals surface area (Å²) in [6.45, 7) is -0.451. The van der Waals surface area contributed by atoms with Crippen molar-refractivity contribution >= 4 is 17.7 Å². The Hall–Kier alpha value is -3.73. The minimum absolute atomic E-state index is 0.118. The van der Waals surface area contributed by atoms with Crippen molar-refractivity contribution in [2.24, 2.45) is 0 Å². The number of carbonyl (C=O) groups excluding carboxylic acids is 3. The van der Waals surface area contributed by atoms with E-state index in [9.17, 15) is 14.4 Å². The van der Waals surface area contributed by atoms with Gasteiger partial charge in [0.25, 0.3) is 0 Å². The third-order valence-corrected chi connectivity index (χ3v) is 3.74. The molecule has 0 amide bonds. The van der Waals surface area contributed by atoms with Crippen molar-refractivity contribution in [3.05, 3.63) is 102 Å². The molecule has 3 rings (SSSR count). The summed E-state index contributed by atoms with van der Waals surface area (Å²) in [5.41, 5.74) is 0.895. The summed E-state index contributed by atoms with van der Waals surface area (Å²) in [6, 6.07) is 23.2. The molecule has 0 radical (unpaired) electrons. The standard InChI is InChI=1S/C22H16O5/c23-19(15-26-21(24)16-9-3-1-4-10-16)18-13-7-8-14-20(18)27-22(25)17-11-5-2-6-12-17/h1-14H,15H2. The van der Waals surface area contributed by atoms with E-state index in [2.05, 4.69) is 0 Å². The van der Waals surface area contributed by atoms with Crippen LogP contribution >= 0.6 is 0 Å². The van der Waals surface area contributed by atoms with Gasteiger partial charge in [-0.25, -0.2) is 9.59 Å². The Morgan fingerprint density at radius 1 is 0.630 bits per heavy atom. The van der Waals surface area contributed by atoms with Crippen molar-refractivity contribution in [1.82, 2.24) is 0 Å². The molecule has 0 bridgehead atoms. The average Bonchev–Trinajstić information content (AvgIpc) is 2.73. The van der Waals surface area contributed by atoms with Gasteiger partial charge in [-0.2, -0.15) is 0 Å². The molecule has 0 saturated carbocycles. The molecule has 3 aromatic carbocycles. The van der Waals surface area contributed by atoms with E-state index in [4.69, 9.17) is 9.47 Å². The summed E-state index contributed by atoms with van der Waals surface area (Å²) >= 11 is 0. The first-order valence-electron chi connectivity index (χ1n) is 8.27. The molecule has 27 heavy (non-hydrogen) atoms. The van der Waals surface area contributed by atoms with Crippen molar-refractivity contribution in [1.29, 1.82) is 0 Å². The highest BCUT2D eigenvalue weighted by molar-refractivity contribution is 6.02. The zero-order valence-corrected chi connectivity index (χ0v) is 14.3. The summed E-state index contributed by atoms with van der Waals surface area (Å²) in [5.74, 6) is -1.51. The van der Waals surface area contributed by atoms with E-state index in [1.807, 2.05) is 0 Å². The van der Waals surface area contributed by atoms with Crippen molar-refractivity contribution < 1.29 is 23.9 Å². The van der Waals surface area contributed by atoms with E-state index in [1.54, 1.807) is 72.8 Å². The molecule has 0 aliphatic carbocycles. The molecule has 134 valence electrons. The van der Waals surface area contributed by atoms with Gasteiger partial charge in [-0.15, -0.1) is 0 Å². The average molecular weight is 360 g/mol. The maximum atomic E-state index is 12.5. The fourth-order valence-electron chi connectivity index (χ4n) is 2.39. The molecule has 0 aliphatic rings. The second-order valence-electron chi connectivity index (χ2n) is 5.62. The maximum absolute atomic E-state index is 12.5. The predicted molar refractivity (Wildman–Crippen MR) is 98.9 cm³/mol. The molecule has 0 aliphatic heterocycles. The van der Waals surface area contributed by atoms with Gasteiger partial charge in [0, 0.05) is 0 Å². The topological polar surface area (TPSA) is 69.7 Å². The summed E-state index contributed by atoms with van der Waals surface area (Å²) in [5, 5.41) is 0. The Morgan fingerprint density at radius 3 is 1.78 bits per heavy atom. The van der Waals surface area contributed by atoms with Gasteiger partial charge in [0.15, 0.2) is 6.61 Å². The zero-order valence-electron chi connectivity index (χ0n) is 14.3. The lowest BCUT2D eigenvalue weighted by Gasteiger charge is -2.10. The van der Waals surface area contributed by atoms with Crippen LogP contribution in [0.1, 0.15) is 31.1 Å². The van der Waals surface area contributed by atoms with E-state index in [-0.39, 0.29) is 11.3 Å². The second kappa shape index (κ2) is 8.58. The van der Waals surface area contributed by atoms with E-state index in [0.29, 0.717) is 11.1 Å². The first kappa shape index (κ1) is 18.1. The monoisotopic (exact) mass is 360 g/mol. The van der Waals surface area contributed by atoms with Crippen molar-refractivity contribution in [3.8, 4) is 5.75 Å². The molecule has 0 N–H and O–H groups in total. The lowest BCUT2D eigenvalue weighted by Crippen LogP contribution is -2.16. The van der Waals surface area contributed by atoms with E-state index in [0.717, 1.165) is 0 Å². The van der Waals surface area contributed by atoms with Crippen LogP contribution in [0.5, 0.6) is 5.75 Å². The number of benzene rings is 3. The van der Waals surface area contributed by atoms with Crippen molar-refractivity contribution in [3.63, 3.8) is 0 Å². The summed E-state index contributed by atoms with van der Waals surface area (Å²) in [7, 11) is 0. The van der Waals surface area contributed by atoms with Gasteiger partial charge in [-0.05, 0) is 36.4 Å². The number of hydrogen-bond acceptors (Lipinski definition) is 5. The van der Waals surface area contributed by atoms with E-state index >= 15 is 0 Å². The quantitative estimate of drug-likeness (QED) is 0.378. The van der Waals surface area contributed by atoms with Crippen LogP contribution in [0.15, 0.2) is 84.9 Å². The molecular formula is C22H16O5. The van der Waals surface area contributed by atoms with Crippen LogP contribution in [0.25, 0.3) is 0 Å². The van der Waals surface area contributed by atoms with Crippen molar-refractivity contribution in [2.45, 2.75) is 0 Å². The van der Waals surface area contributed by atoms with Crippen molar-refractivity contribution in [2.75, 3.05) is 6.61 Å². The highest BCUT2D eigenvalue weighted by Gasteiger charge is 2.18. The van der Waals surface area contributed by atoms with Crippen LogP contribution in [0, 0.1) is 0 Å². The number of carbonyl (C=O) groups is 3. The second-order valence-corrected chi connectivity index (χ2v) is 5.62. The number of para-hydroxylation sites is 1. The number of ketones is 1. The van der Waals surface area contributed by atoms with Gasteiger partial charge in [-0.1, -0.05) is 48.5 Å². The fraction of sp³-hybridized carbons (Fsp3) is 0.0455. The van der Waals surface area contributed by atoms with Gasteiger partial charge in [-0.3, -0.25) is 4.79 Å². The molecule has 3 aromatic rings. The number of ether oxygens (including phenoxy) is 2. The summed E-state index contributed by atoms with van der Waals surface area (Å²) in [6.07, 6.45) is 0. The summed E-state index contributed by atoms with van der Waals surface area (Å²) < 4.78 is 10.4. The van der Waals surface area contributed by atoms with Gasteiger partial charge in [0.2, 0.25) is 5.78 Å². The number of hydrogen-bond donors (Lipinski definition) is 0. The molecule has 0 atom stereocenters. The predicted octanol–water partition coefficient (Wildman–Crippen LogP) is 3.95. The zero-order chi connectivity index (χ0) is 19.1. The van der Waals surface area contributed by atoms with Crippen LogP contribution in [0.2, 0.25) is 0 Å². The first-order valence-corrected chi connectivity index (χ1v) is 8.27. The lowest BCUT2D eigenvalue weighted by atomic mass is 10.1. The van der Waals surface area contributed by atoms with Crippen LogP contribution in [0.3, 0.4) is 0 Å². The Morgan fingerprint density at radius 2 is 1.15 bits per heavy atom.